The lowest BCUT2D eigenvalue weighted by Gasteiger charge is -2.36. The molecule has 2 aliphatic rings. The standard InChI is InChI=1S/C22H22Cl2N4O4/c1-29-14-7-10(8-15(30-2)20(14)31-3)19-18-16(17-12(23)5-4-6-13(17)24)11(9-25)21(26)32-22(18)28-27-19/h4-8,16,18-19,22,27-28H,26H2,1-3H3. The van der Waals surface area contributed by atoms with Gasteiger partial charge >= 0.3 is 0 Å². The lowest BCUT2D eigenvalue weighted by Crippen LogP contribution is -2.41. The second kappa shape index (κ2) is 8.96. The molecule has 4 unspecified atom stereocenters. The van der Waals surface area contributed by atoms with Crippen LogP contribution in [0.5, 0.6) is 17.2 Å². The SMILES string of the molecule is COc1cc(C2NNC3OC(N)=C(C#N)C(c4c(Cl)cccc4Cl)C32)cc(OC)c1OC. The molecule has 2 aliphatic heterocycles. The zero-order chi connectivity index (χ0) is 23.0. The van der Waals surface area contributed by atoms with Gasteiger partial charge in [0.25, 0.3) is 0 Å². The normalized spacial score (nSPS) is 24.4. The Hall–Kier alpha value is -2.83. The summed E-state index contributed by atoms with van der Waals surface area (Å²) in [6, 6.07) is 10.8. The summed E-state index contributed by atoms with van der Waals surface area (Å²) in [7, 11) is 4.65. The van der Waals surface area contributed by atoms with E-state index in [0.717, 1.165) is 5.56 Å². The lowest BCUT2D eigenvalue weighted by atomic mass is 9.74. The molecule has 2 aromatic rings. The highest BCUT2D eigenvalue weighted by Crippen LogP contribution is 2.52. The molecule has 10 heteroatoms. The third-order valence-corrected chi connectivity index (χ3v) is 6.47. The largest absolute Gasteiger partial charge is 0.493 e. The molecule has 32 heavy (non-hydrogen) atoms. The van der Waals surface area contributed by atoms with Crippen molar-refractivity contribution in [2.75, 3.05) is 21.3 Å². The molecule has 0 spiro atoms. The summed E-state index contributed by atoms with van der Waals surface area (Å²) >= 11 is 13.1. The van der Waals surface area contributed by atoms with Crippen molar-refractivity contribution >= 4 is 23.2 Å². The maximum atomic E-state index is 9.93. The van der Waals surface area contributed by atoms with E-state index in [0.29, 0.717) is 32.9 Å². The van der Waals surface area contributed by atoms with Gasteiger partial charge in [0.15, 0.2) is 17.7 Å². The number of fused-ring (bicyclic) bond motifs is 1. The summed E-state index contributed by atoms with van der Waals surface area (Å²) in [5.41, 5.74) is 14.2. The number of allylic oxidation sites excluding steroid dienone is 1. The van der Waals surface area contributed by atoms with Gasteiger partial charge in [-0.05, 0) is 35.4 Å². The number of hydrogen-bond acceptors (Lipinski definition) is 8. The van der Waals surface area contributed by atoms with Gasteiger partial charge < -0.3 is 24.7 Å². The number of benzene rings is 2. The molecule has 168 valence electrons. The second-order valence-corrected chi connectivity index (χ2v) is 8.16. The molecule has 1 saturated heterocycles. The van der Waals surface area contributed by atoms with E-state index in [1.165, 1.54) is 0 Å². The highest BCUT2D eigenvalue weighted by molar-refractivity contribution is 6.36. The van der Waals surface area contributed by atoms with E-state index in [1.807, 2.05) is 12.1 Å². The van der Waals surface area contributed by atoms with Gasteiger partial charge in [-0.25, -0.2) is 10.9 Å². The first-order valence-electron chi connectivity index (χ1n) is 9.76. The van der Waals surface area contributed by atoms with E-state index in [2.05, 4.69) is 16.9 Å². The first-order valence-corrected chi connectivity index (χ1v) is 10.5. The molecule has 2 aromatic carbocycles. The van der Waals surface area contributed by atoms with Crippen molar-refractivity contribution in [1.82, 2.24) is 10.9 Å². The Kier molecular flexibility index (Phi) is 6.26. The molecular weight excluding hydrogens is 455 g/mol. The summed E-state index contributed by atoms with van der Waals surface area (Å²) in [6.45, 7) is 0. The summed E-state index contributed by atoms with van der Waals surface area (Å²) in [5, 5.41) is 10.8. The number of ether oxygens (including phenoxy) is 4. The average Bonchev–Trinajstić information content (AvgIpc) is 3.21. The number of halogens is 2. The van der Waals surface area contributed by atoms with Gasteiger partial charge in [0, 0.05) is 21.9 Å². The van der Waals surface area contributed by atoms with Crippen LogP contribution in [0.25, 0.3) is 0 Å². The molecule has 0 radical (unpaired) electrons. The summed E-state index contributed by atoms with van der Waals surface area (Å²) < 4.78 is 22.3. The minimum Gasteiger partial charge on any atom is -0.493 e. The summed E-state index contributed by atoms with van der Waals surface area (Å²) in [4.78, 5) is 0. The highest BCUT2D eigenvalue weighted by Gasteiger charge is 2.50. The van der Waals surface area contributed by atoms with Crippen LogP contribution in [0.3, 0.4) is 0 Å². The van der Waals surface area contributed by atoms with E-state index in [9.17, 15) is 5.26 Å². The number of methoxy groups -OCH3 is 3. The predicted molar refractivity (Wildman–Crippen MR) is 120 cm³/mol. The maximum absolute atomic E-state index is 9.93. The number of nitrogens with one attached hydrogen (secondary N) is 2. The molecule has 0 saturated carbocycles. The Morgan fingerprint density at radius 2 is 1.66 bits per heavy atom. The Morgan fingerprint density at radius 3 is 2.19 bits per heavy atom. The molecule has 0 aliphatic carbocycles. The molecule has 2 heterocycles. The minimum atomic E-state index is -0.534. The molecular formula is C22H22Cl2N4O4. The van der Waals surface area contributed by atoms with Crippen LogP contribution in [-0.2, 0) is 4.74 Å². The van der Waals surface area contributed by atoms with Gasteiger partial charge in [-0.3, -0.25) is 0 Å². The third kappa shape index (κ3) is 3.57. The molecule has 1 fully saturated rings. The van der Waals surface area contributed by atoms with Crippen LogP contribution in [-0.4, -0.2) is 27.6 Å². The van der Waals surface area contributed by atoms with E-state index in [4.69, 9.17) is 47.9 Å². The van der Waals surface area contributed by atoms with E-state index in [-0.39, 0.29) is 23.4 Å². The number of hydrazine groups is 1. The number of rotatable bonds is 5. The highest BCUT2D eigenvalue weighted by atomic mass is 35.5. The van der Waals surface area contributed by atoms with Gasteiger partial charge in [0.1, 0.15) is 6.07 Å². The third-order valence-electron chi connectivity index (χ3n) is 5.81. The van der Waals surface area contributed by atoms with Crippen LogP contribution in [0.2, 0.25) is 10.0 Å². The topological polar surface area (TPSA) is 111 Å². The molecule has 4 atom stereocenters. The van der Waals surface area contributed by atoms with Gasteiger partial charge in [-0.1, -0.05) is 29.3 Å². The van der Waals surface area contributed by atoms with Crippen molar-refractivity contribution in [3.05, 3.63) is 63.0 Å². The van der Waals surface area contributed by atoms with Crippen molar-refractivity contribution in [3.8, 4) is 23.3 Å². The zero-order valence-corrected chi connectivity index (χ0v) is 19.1. The predicted octanol–water partition coefficient (Wildman–Crippen LogP) is 3.62. The fourth-order valence-electron chi connectivity index (χ4n) is 4.42. The van der Waals surface area contributed by atoms with E-state index >= 15 is 0 Å². The summed E-state index contributed by atoms with van der Waals surface area (Å²) in [6.07, 6.45) is -0.534. The van der Waals surface area contributed by atoms with Crippen molar-refractivity contribution in [3.63, 3.8) is 0 Å². The van der Waals surface area contributed by atoms with Crippen LogP contribution in [0.15, 0.2) is 41.8 Å². The van der Waals surface area contributed by atoms with Crippen molar-refractivity contribution < 1.29 is 18.9 Å². The molecule has 0 aromatic heterocycles. The van der Waals surface area contributed by atoms with Crippen LogP contribution >= 0.6 is 23.2 Å². The van der Waals surface area contributed by atoms with E-state index < -0.39 is 12.1 Å². The Morgan fingerprint density at radius 1 is 1.03 bits per heavy atom. The van der Waals surface area contributed by atoms with Gasteiger partial charge in [-0.15, -0.1) is 0 Å². The van der Waals surface area contributed by atoms with Crippen molar-refractivity contribution in [2.24, 2.45) is 11.7 Å². The first kappa shape index (κ1) is 22.4. The Labute approximate surface area is 195 Å². The Balaban J connectivity index is 1.89. The van der Waals surface area contributed by atoms with Crippen LogP contribution < -0.4 is 30.8 Å². The van der Waals surface area contributed by atoms with Crippen LogP contribution in [0.1, 0.15) is 23.1 Å². The van der Waals surface area contributed by atoms with Crippen molar-refractivity contribution in [2.45, 2.75) is 18.2 Å². The van der Waals surface area contributed by atoms with Crippen LogP contribution in [0, 0.1) is 17.2 Å². The molecule has 4 rings (SSSR count). The van der Waals surface area contributed by atoms with E-state index in [1.54, 1.807) is 39.5 Å². The monoisotopic (exact) mass is 476 g/mol. The fourth-order valence-corrected chi connectivity index (χ4v) is 5.05. The summed E-state index contributed by atoms with van der Waals surface area (Å²) in [5.74, 6) is 0.686. The van der Waals surface area contributed by atoms with Crippen molar-refractivity contribution in [1.29, 1.82) is 5.26 Å². The Bertz CT molecular complexity index is 1070. The number of nitrogens with zero attached hydrogens (tertiary/aromatic N) is 1. The zero-order valence-electron chi connectivity index (χ0n) is 17.6. The molecule has 0 bridgehead atoms. The second-order valence-electron chi connectivity index (χ2n) is 7.34. The first-order chi connectivity index (χ1) is 15.4. The average molecular weight is 477 g/mol. The fraction of sp³-hybridized carbons (Fsp3) is 0.318. The molecule has 4 N–H and O–H groups in total. The maximum Gasteiger partial charge on any atom is 0.203 e. The van der Waals surface area contributed by atoms with Crippen LogP contribution in [0.4, 0.5) is 0 Å². The lowest BCUT2D eigenvalue weighted by molar-refractivity contribution is 0.0341. The number of hydrogen-bond donors (Lipinski definition) is 3. The van der Waals surface area contributed by atoms with Gasteiger partial charge in [0.05, 0.1) is 32.9 Å². The quantitative estimate of drug-likeness (QED) is 0.599. The van der Waals surface area contributed by atoms with Gasteiger partial charge in [-0.2, -0.15) is 5.26 Å². The smallest absolute Gasteiger partial charge is 0.203 e. The number of nitriles is 1. The number of nitrogens with two attached hydrogens (primary N) is 1. The molecule has 8 nitrogen and oxygen atoms in total. The molecule has 0 amide bonds. The van der Waals surface area contributed by atoms with Gasteiger partial charge in [0.2, 0.25) is 11.6 Å². The minimum absolute atomic E-state index is 0.0366.